The van der Waals surface area contributed by atoms with Crippen LogP contribution in [-0.2, 0) is 45.8 Å². The van der Waals surface area contributed by atoms with Gasteiger partial charge in [0, 0.05) is 35.2 Å². The molecule has 5 heteroatoms. The molecule has 0 aliphatic carbocycles. The van der Waals surface area contributed by atoms with Crippen LogP contribution in [0.1, 0.15) is 22.3 Å². The maximum absolute atomic E-state index is 5.17. The Hall–Kier alpha value is -9.12. The van der Waals surface area contributed by atoms with Gasteiger partial charge >= 0.3 is 20.1 Å². The monoisotopic (exact) mass is 1180 g/mol. The first-order chi connectivity index (χ1) is 38.2. The van der Waals surface area contributed by atoms with Crippen LogP contribution in [-0.4, -0.2) is 19.5 Å². The predicted molar refractivity (Wildman–Crippen MR) is 316 cm³/mol. The molecule has 4 nitrogen and oxygen atoms in total. The molecule has 0 spiro atoms. The first-order valence-corrected chi connectivity index (χ1v) is 26.4. The van der Waals surface area contributed by atoms with Crippen molar-refractivity contribution < 1.29 is 20.1 Å². The Morgan fingerprint density at radius 3 is 1.51 bits per heavy atom. The van der Waals surface area contributed by atoms with Gasteiger partial charge < -0.3 is 19.5 Å². The number of benzene rings is 9. The third-order valence-corrected chi connectivity index (χ3v) is 14.7. The van der Waals surface area contributed by atoms with Crippen LogP contribution in [0.3, 0.4) is 0 Å². The van der Waals surface area contributed by atoms with Crippen molar-refractivity contribution in [3.05, 3.63) is 302 Å². The summed E-state index contributed by atoms with van der Waals surface area (Å²) in [4.78, 5) is 14.3. The molecule has 0 aliphatic heterocycles. The molecule has 372 valence electrons. The van der Waals surface area contributed by atoms with Crippen LogP contribution >= 0.6 is 0 Å². The topological polar surface area (TPSA) is 43.6 Å². The quantitative estimate of drug-likeness (QED) is 0.102. The summed E-state index contributed by atoms with van der Waals surface area (Å²) in [5, 5.41) is 2.26. The van der Waals surface area contributed by atoms with Crippen LogP contribution in [0, 0.1) is 18.2 Å². The Morgan fingerprint density at radius 1 is 0.333 bits per heavy atom. The van der Waals surface area contributed by atoms with Gasteiger partial charge in [-0.1, -0.05) is 187 Å². The molecule has 4 heterocycles. The number of aryl methyl sites for hydroxylation is 4. The Kier molecular flexibility index (Phi) is 14.4. The first kappa shape index (κ1) is 49.7. The fraction of sp³-hybridized carbons (Fsp3) is 0.0548. The summed E-state index contributed by atoms with van der Waals surface area (Å²) in [5.74, 6) is 0. The average molecular weight is 1180 g/mol. The van der Waals surface area contributed by atoms with Crippen molar-refractivity contribution >= 4 is 21.8 Å². The summed E-state index contributed by atoms with van der Waals surface area (Å²) in [5.41, 5.74) is 23.4. The summed E-state index contributed by atoms with van der Waals surface area (Å²) < 4.78 is 2.35. The maximum Gasteiger partial charge on any atom is 3.00 e. The van der Waals surface area contributed by atoms with Crippen molar-refractivity contribution in [2.75, 3.05) is 0 Å². The smallest absolute Gasteiger partial charge is 0.310 e. The van der Waals surface area contributed by atoms with Gasteiger partial charge in [0.2, 0.25) is 0 Å². The van der Waals surface area contributed by atoms with Gasteiger partial charge in [0.15, 0.2) is 0 Å². The molecule has 78 heavy (non-hydrogen) atoms. The third-order valence-electron chi connectivity index (χ3n) is 14.7. The maximum atomic E-state index is 5.17. The number of rotatable bonds is 14. The Bertz CT molecular complexity index is 4050. The number of nitrogens with zero attached hydrogens (tertiary/aromatic N) is 4. The van der Waals surface area contributed by atoms with Crippen molar-refractivity contribution in [1.82, 2.24) is 19.5 Å². The van der Waals surface area contributed by atoms with E-state index >= 15 is 0 Å². The van der Waals surface area contributed by atoms with Crippen molar-refractivity contribution in [2.24, 2.45) is 0 Å². The number of fused-ring (bicyclic) bond motifs is 3. The van der Waals surface area contributed by atoms with E-state index < -0.39 is 0 Å². The molecule has 0 saturated heterocycles. The second kappa shape index (κ2) is 22.6. The molecule has 0 N–H and O–H groups in total. The summed E-state index contributed by atoms with van der Waals surface area (Å²) in [6.07, 6.45) is 9.14. The van der Waals surface area contributed by atoms with Crippen LogP contribution in [0.25, 0.3) is 106 Å². The van der Waals surface area contributed by atoms with Gasteiger partial charge in [-0.05, 0) is 111 Å². The number of aromatic nitrogens is 4. The van der Waals surface area contributed by atoms with Crippen molar-refractivity contribution in [2.45, 2.75) is 25.7 Å². The molecule has 9 aromatic carbocycles. The predicted octanol–water partition coefficient (Wildman–Crippen LogP) is 17.6. The molecule has 13 rings (SSSR count). The fourth-order valence-electron chi connectivity index (χ4n) is 10.9. The van der Waals surface area contributed by atoms with Gasteiger partial charge in [-0.3, -0.25) is 0 Å². The van der Waals surface area contributed by atoms with Crippen LogP contribution in [0.2, 0.25) is 0 Å². The largest absolute Gasteiger partial charge is 3.00 e. The van der Waals surface area contributed by atoms with Gasteiger partial charge in [-0.2, -0.15) is 0 Å². The number of pyridine rings is 3. The summed E-state index contributed by atoms with van der Waals surface area (Å²) in [7, 11) is 0. The molecule has 0 fully saturated rings. The van der Waals surface area contributed by atoms with E-state index in [1.807, 2.05) is 55.0 Å². The van der Waals surface area contributed by atoms with Crippen molar-refractivity contribution in [3.63, 3.8) is 0 Å². The van der Waals surface area contributed by atoms with E-state index in [2.05, 4.69) is 239 Å². The minimum Gasteiger partial charge on any atom is -0.310 e. The molecule has 0 bridgehead atoms. The van der Waals surface area contributed by atoms with Gasteiger partial charge in [0.1, 0.15) is 0 Å². The normalized spacial score (nSPS) is 11.2. The van der Waals surface area contributed by atoms with Crippen LogP contribution in [0.15, 0.2) is 261 Å². The number of para-hydroxylation sites is 2. The van der Waals surface area contributed by atoms with Crippen LogP contribution < -0.4 is 0 Å². The summed E-state index contributed by atoms with van der Waals surface area (Å²) in [6.45, 7) is 0. The van der Waals surface area contributed by atoms with Crippen LogP contribution in [0.5, 0.6) is 0 Å². The molecule has 0 unspecified atom stereocenters. The van der Waals surface area contributed by atoms with E-state index in [9.17, 15) is 0 Å². The van der Waals surface area contributed by atoms with E-state index in [0.717, 1.165) is 109 Å². The van der Waals surface area contributed by atoms with E-state index in [1.165, 1.54) is 44.5 Å². The molecule has 0 aliphatic rings. The third kappa shape index (κ3) is 10.3. The zero-order valence-corrected chi connectivity index (χ0v) is 45.2. The number of hydrogen-bond acceptors (Lipinski definition) is 3. The van der Waals surface area contributed by atoms with Crippen LogP contribution in [0.4, 0.5) is 0 Å². The van der Waals surface area contributed by atoms with Gasteiger partial charge in [0.25, 0.3) is 0 Å². The second-order valence-corrected chi connectivity index (χ2v) is 19.6. The van der Waals surface area contributed by atoms with Crippen molar-refractivity contribution in [1.29, 1.82) is 0 Å². The van der Waals surface area contributed by atoms with E-state index in [-0.39, 0.29) is 20.1 Å². The van der Waals surface area contributed by atoms with E-state index in [1.54, 1.807) is 0 Å². The molecule has 13 aromatic rings. The molecular weight excluding hydrogens is 1130 g/mol. The summed E-state index contributed by atoms with van der Waals surface area (Å²) >= 11 is 0. The Balaban J connectivity index is 0.00000609. The van der Waals surface area contributed by atoms with Gasteiger partial charge in [0.05, 0.1) is 5.52 Å². The minimum absolute atomic E-state index is 0. The molecule has 0 saturated carbocycles. The molecule has 0 amide bonds. The Morgan fingerprint density at radius 2 is 0.885 bits per heavy atom. The first-order valence-electron chi connectivity index (χ1n) is 26.4. The Labute approximate surface area is 469 Å². The zero-order valence-electron chi connectivity index (χ0n) is 42.8. The second-order valence-electron chi connectivity index (χ2n) is 19.6. The fourth-order valence-corrected chi connectivity index (χ4v) is 10.9. The molecule has 4 aromatic heterocycles. The van der Waals surface area contributed by atoms with Crippen molar-refractivity contribution in [3.8, 4) is 84.0 Å². The summed E-state index contributed by atoms with van der Waals surface area (Å²) in [6, 6.07) is 97.5. The average Bonchev–Trinajstić information content (AvgIpc) is 4.04. The van der Waals surface area contributed by atoms with Gasteiger partial charge in [-0.25, -0.2) is 0 Å². The zero-order chi connectivity index (χ0) is 51.3. The molecule has 0 atom stereocenters. The van der Waals surface area contributed by atoms with E-state index in [4.69, 9.17) is 4.98 Å². The van der Waals surface area contributed by atoms with E-state index in [0.29, 0.717) is 0 Å². The number of hydrogen-bond donors (Lipinski definition) is 0. The minimum atomic E-state index is 0. The molecule has 0 radical (unpaired) electrons. The SMILES string of the molecule is [Ir+3].[c-]1cc(CCc2cc(CCc3c[c-]c(-c4ccccn4)cc3)cc(-c3ccccc3-c3c[c-]c(-c4nccc5c4c4ccccc4n5-c4ccccc4)cc3-c3ccc(-c4ccccc4)cc3)c2)ccc1-c1ccccn1. The van der Waals surface area contributed by atoms with Gasteiger partial charge in [-0.15, -0.1) is 94.5 Å². The molecular formula is C73H51IrN4. The standard InChI is InChI=1S/C73H51N4.Ir/c1-3-15-55(16-4-1)56-37-39-57(40-38-56)67-50-60(73-72-66-21-9-10-24-70(66)77(71(72)43-46-76-73)62-17-5-2-6-18-62)41-42-65(67)64-20-8-7-19-63(64)61-48-53(27-25-51-29-33-58(34-30-51)68-22-11-13-44-74-68)47-54(49-61)28-26-52-31-35-59(36-32-52)69-23-12-14-45-75-69;/h1-24,29-33,35,37-40,42-50H,25-28H2;/q-3;+3.